The van der Waals surface area contributed by atoms with Crippen LogP contribution in [0.15, 0.2) is 0 Å². The van der Waals surface area contributed by atoms with Crippen LogP contribution >= 0.6 is 0 Å². The Balaban J connectivity index is 2.45. The van der Waals surface area contributed by atoms with Crippen molar-refractivity contribution in [3.8, 4) is 0 Å². The molecule has 0 bridgehead atoms. The van der Waals surface area contributed by atoms with E-state index in [1.807, 2.05) is 12.9 Å². The molecule has 0 fully saturated rings. The summed E-state index contributed by atoms with van der Waals surface area (Å²) >= 11 is 0. The van der Waals surface area contributed by atoms with Crippen molar-refractivity contribution >= 4 is 6.29 Å². The zero-order chi connectivity index (χ0) is 5.28. The Bertz CT molecular complexity index is 86.2. The summed E-state index contributed by atoms with van der Waals surface area (Å²) < 4.78 is 4.92. The normalized spacial score (nSPS) is 38.6. The fraction of sp³-hybridized carbons (Fsp3) is 0.667. The van der Waals surface area contributed by atoms with Gasteiger partial charge in [-0.05, 0) is 11.8 Å². The van der Waals surface area contributed by atoms with Crippen molar-refractivity contribution in [1.82, 2.24) is 0 Å². The summed E-state index contributed by atoms with van der Waals surface area (Å²) in [5.74, 6) is 1.22. The van der Waals surface area contributed by atoms with Gasteiger partial charge in [0.15, 0.2) is 0 Å². The Kier molecular flexibility index (Phi) is 1.05. The van der Waals surface area contributed by atoms with Crippen molar-refractivity contribution in [1.29, 1.82) is 0 Å². The number of aldehydes is 1. The first-order valence-corrected chi connectivity index (χ1v) is 2.63. The molecule has 1 aliphatic rings. The summed E-state index contributed by atoms with van der Waals surface area (Å²) in [6.45, 7) is 6.16. The van der Waals surface area contributed by atoms with Gasteiger partial charge < -0.3 is 4.42 Å². The summed E-state index contributed by atoms with van der Waals surface area (Å²) in [5, 5.41) is 0. The van der Waals surface area contributed by atoms with E-state index in [1.54, 1.807) is 0 Å². The van der Waals surface area contributed by atoms with E-state index < -0.39 is 0 Å². The van der Waals surface area contributed by atoms with E-state index in [9.17, 15) is 0 Å². The quantitative estimate of drug-likeness (QED) is 0.245. The molecular weight excluding hydrogens is 88.1 g/mol. The van der Waals surface area contributed by atoms with Crippen LogP contribution in [0.1, 0.15) is 13.8 Å². The third kappa shape index (κ3) is 0.763. The Hall–Kier alpha value is -0.460. The Morgan fingerprint density at radius 2 is 2.29 bits per heavy atom. The molecule has 1 heterocycles. The molecule has 40 valence electrons. The molecule has 0 amide bonds. The molecule has 1 aliphatic heterocycles. The second kappa shape index (κ2) is 1.57. The maximum Gasteiger partial charge on any atom is 0.145 e. The highest BCUT2D eigenvalue weighted by Gasteiger charge is 2.15. The van der Waals surface area contributed by atoms with Crippen LogP contribution in [0, 0.1) is 18.4 Å². The largest absolute Gasteiger partial charge is 0.401 e. The van der Waals surface area contributed by atoms with Crippen LogP contribution in [0.5, 0.6) is 0 Å². The molecule has 1 heteroatoms. The Morgan fingerprint density at radius 1 is 1.57 bits per heavy atom. The zero-order valence-corrected chi connectivity index (χ0v) is 4.72. The van der Waals surface area contributed by atoms with Crippen LogP contribution in [-0.4, -0.2) is 6.29 Å². The molecule has 0 aliphatic carbocycles. The van der Waals surface area contributed by atoms with Crippen LogP contribution in [-0.2, 0) is 4.42 Å². The van der Waals surface area contributed by atoms with Gasteiger partial charge in [0.2, 0.25) is 0 Å². The van der Waals surface area contributed by atoms with E-state index in [2.05, 4.69) is 13.8 Å². The minimum atomic E-state index is 0.611. The summed E-state index contributed by atoms with van der Waals surface area (Å²) in [4.78, 5) is 0. The van der Waals surface area contributed by atoms with Gasteiger partial charge in [0, 0.05) is 0 Å². The number of rotatable bonds is 0. The molecule has 7 heavy (non-hydrogen) atoms. The van der Waals surface area contributed by atoms with Gasteiger partial charge in [-0.3, -0.25) is 0 Å². The van der Waals surface area contributed by atoms with Crippen molar-refractivity contribution < 1.29 is 4.42 Å². The average molecular weight is 98.1 g/mol. The standard InChI is InChI=1S/C6H10O/c1-5-3-7-4-6(5)2/h3-6H,1-2H3. The van der Waals surface area contributed by atoms with Crippen molar-refractivity contribution in [2.45, 2.75) is 13.8 Å². The van der Waals surface area contributed by atoms with Crippen LogP contribution in [0.25, 0.3) is 0 Å². The van der Waals surface area contributed by atoms with Gasteiger partial charge in [-0.1, -0.05) is 13.8 Å². The molecule has 0 radical (unpaired) electrons. The van der Waals surface area contributed by atoms with Gasteiger partial charge in [0.05, 0.1) is 0 Å². The number of hydrogen-bond donors (Lipinski definition) is 0. The van der Waals surface area contributed by atoms with E-state index in [0.717, 1.165) is 0 Å². The lowest BCUT2D eigenvalue weighted by atomic mass is 10.0. The second-order valence-corrected chi connectivity index (χ2v) is 2.13. The predicted molar refractivity (Wildman–Crippen MR) is 28.7 cm³/mol. The number of carbonyl (C=O) groups excluding carboxylic acids is 1. The highest BCUT2D eigenvalue weighted by molar-refractivity contribution is 5.55. The first kappa shape index (κ1) is 4.69. The van der Waals surface area contributed by atoms with Crippen LogP contribution in [0.3, 0.4) is 0 Å². The highest BCUT2D eigenvalue weighted by Crippen LogP contribution is 2.14. The van der Waals surface area contributed by atoms with Crippen molar-refractivity contribution in [3.63, 3.8) is 0 Å². The van der Waals surface area contributed by atoms with Gasteiger partial charge in [-0.2, -0.15) is 0 Å². The number of hydrogen-bond acceptors (Lipinski definition) is 0. The summed E-state index contributed by atoms with van der Waals surface area (Å²) in [7, 11) is 0. The van der Waals surface area contributed by atoms with E-state index in [-0.39, 0.29) is 0 Å². The van der Waals surface area contributed by atoms with Crippen molar-refractivity contribution in [2.75, 3.05) is 0 Å². The van der Waals surface area contributed by atoms with Crippen LogP contribution in [0.2, 0.25) is 0 Å². The maximum atomic E-state index is 4.92. The molecule has 2 atom stereocenters. The minimum absolute atomic E-state index is 0.611. The molecule has 1 nitrogen and oxygen atoms in total. The molecule has 0 aromatic carbocycles. The molecule has 0 spiro atoms. The summed E-state index contributed by atoms with van der Waals surface area (Å²) in [6.07, 6.45) is 1.87. The van der Waals surface area contributed by atoms with Gasteiger partial charge in [-0.25, -0.2) is 0 Å². The van der Waals surface area contributed by atoms with Crippen molar-refractivity contribution in [2.24, 2.45) is 11.8 Å². The molecule has 0 saturated heterocycles. The van der Waals surface area contributed by atoms with E-state index in [0.29, 0.717) is 11.8 Å². The third-order valence-corrected chi connectivity index (χ3v) is 1.42. The van der Waals surface area contributed by atoms with Crippen molar-refractivity contribution in [3.05, 3.63) is 6.61 Å². The molecule has 0 saturated carbocycles. The van der Waals surface area contributed by atoms with Gasteiger partial charge in [0.25, 0.3) is 0 Å². The minimum Gasteiger partial charge on any atom is -0.401 e. The van der Waals surface area contributed by atoms with Gasteiger partial charge >= 0.3 is 0 Å². The predicted octanol–water partition coefficient (Wildman–Crippen LogP) is 1.17. The van der Waals surface area contributed by atoms with E-state index in [4.69, 9.17) is 4.42 Å². The van der Waals surface area contributed by atoms with Gasteiger partial charge in [-0.15, -0.1) is 0 Å². The van der Waals surface area contributed by atoms with E-state index in [1.165, 1.54) is 0 Å². The SMILES string of the molecule is CC1C=[O+][CH-]C1C. The fourth-order valence-corrected chi connectivity index (χ4v) is 0.541. The monoisotopic (exact) mass is 98.1 g/mol. The highest BCUT2D eigenvalue weighted by atomic mass is 16.4. The fourth-order valence-electron chi connectivity index (χ4n) is 0.541. The second-order valence-electron chi connectivity index (χ2n) is 2.13. The lowest BCUT2D eigenvalue weighted by molar-refractivity contribution is -0.401. The van der Waals surface area contributed by atoms with Gasteiger partial charge in [0.1, 0.15) is 12.9 Å². The molecule has 1 rings (SSSR count). The summed E-state index contributed by atoms with van der Waals surface area (Å²) in [5.41, 5.74) is 0. The zero-order valence-electron chi connectivity index (χ0n) is 4.72. The molecule has 0 N–H and O–H groups in total. The smallest absolute Gasteiger partial charge is 0.145 e. The lowest BCUT2D eigenvalue weighted by Crippen LogP contribution is -2.00. The molecular formula is C6H10O. The van der Waals surface area contributed by atoms with E-state index >= 15 is 0 Å². The first-order valence-electron chi connectivity index (χ1n) is 2.63. The maximum absolute atomic E-state index is 4.92. The first-order chi connectivity index (χ1) is 3.30. The Morgan fingerprint density at radius 3 is 2.43 bits per heavy atom. The molecule has 0 aromatic rings. The topological polar surface area (TPSA) is 11.3 Å². The summed E-state index contributed by atoms with van der Waals surface area (Å²) in [6, 6.07) is 0. The van der Waals surface area contributed by atoms with Crippen LogP contribution in [0.4, 0.5) is 0 Å². The third-order valence-electron chi connectivity index (χ3n) is 1.42. The molecule has 0 aromatic heterocycles. The van der Waals surface area contributed by atoms with Crippen LogP contribution < -0.4 is 0 Å². The lowest BCUT2D eigenvalue weighted by Gasteiger charge is -2.00. The molecule has 2 unspecified atom stereocenters. The Labute approximate surface area is 44.0 Å². The average Bonchev–Trinajstić information content (AvgIpc) is 1.91.